The van der Waals surface area contributed by atoms with E-state index in [1.54, 1.807) is 6.08 Å². The van der Waals surface area contributed by atoms with Crippen molar-refractivity contribution in [3.8, 4) is 44.5 Å². The summed E-state index contributed by atoms with van der Waals surface area (Å²) in [6.07, 6.45) is 15.7. The van der Waals surface area contributed by atoms with E-state index in [0.29, 0.717) is 6.54 Å². The molecule has 0 spiro atoms. The minimum atomic E-state index is 0.501. The first-order valence-corrected chi connectivity index (χ1v) is 23.7. The molecule has 0 aliphatic heterocycles. The van der Waals surface area contributed by atoms with Gasteiger partial charge in [0.25, 0.3) is 0 Å². The zero-order valence-corrected chi connectivity index (χ0v) is 39.7. The Kier molecular flexibility index (Phi) is 16.8. The Balaban J connectivity index is 0.000000198. The van der Waals surface area contributed by atoms with Gasteiger partial charge in [0.05, 0.1) is 0 Å². The molecule has 0 atom stereocenters. The molecule has 0 fully saturated rings. The van der Waals surface area contributed by atoms with Crippen LogP contribution in [0, 0.1) is 0 Å². The number of hydrogen-bond donors (Lipinski definition) is 3. The highest BCUT2D eigenvalue weighted by Crippen LogP contribution is 2.34. The van der Waals surface area contributed by atoms with Crippen molar-refractivity contribution in [2.24, 2.45) is 5.73 Å². The lowest BCUT2D eigenvalue weighted by molar-refractivity contribution is 0.669. The number of hydrogen-bond acceptors (Lipinski definition) is 4. The maximum Gasteiger partial charge on any atom is 0.135 e. The topological polar surface area (TPSA) is 77.2 Å². The third-order valence-electron chi connectivity index (χ3n) is 11.7. The highest BCUT2D eigenvalue weighted by molar-refractivity contribution is 6.06. The van der Waals surface area contributed by atoms with E-state index in [0.717, 1.165) is 55.6 Å². The van der Waals surface area contributed by atoms with Gasteiger partial charge in [0.15, 0.2) is 0 Å². The van der Waals surface area contributed by atoms with E-state index in [-0.39, 0.29) is 0 Å². The molecule has 346 valence electrons. The quantitative estimate of drug-likeness (QED) is 0.0795. The number of allylic oxidation sites excluding steroid dienone is 8. The highest BCUT2D eigenvalue weighted by atomic mass is 16.3. The Labute approximate surface area is 418 Å². The molecule has 0 saturated heterocycles. The second-order valence-electron chi connectivity index (χ2n) is 16.7. The van der Waals surface area contributed by atoms with Gasteiger partial charge in [-0.15, -0.1) is 0 Å². The fraction of sp³-hybridized carbons (Fsp3) is 0.0149. The molecule has 4 heteroatoms. The molecule has 0 bridgehead atoms. The van der Waals surface area contributed by atoms with E-state index < -0.39 is 0 Å². The largest absolute Gasteiger partial charge is 0.456 e. The summed E-state index contributed by atoms with van der Waals surface area (Å²) in [7, 11) is 0. The van der Waals surface area contributed by atoms with Crippen molar-refractivity contribution in [2.75, 3.05) is 17.6 Å². The number of nitrogens with one attached hydrogen (secondary N) is 1. The van der Waals surface area contributed by atoms with Crippen molar-refractivity contribution in [1.82, 2.24) is 0 Å². The number of anilines is 2. The molecule has 1 heterocycles. The SMILES string of the molecule is C=C(/C=C\C=C/Nc1ccccc1)c1cccc(-c2cccc(-c3cccc(-c4cccc(-c5ccccc5)c4)c3)c2)c1.C=C/C=C\C(=C/CN)c1ccc2oc3ccccc3c2c1.Nc1ccccc1. The molecule has 0 radical (unpaired) electrons. The van der Waals surface area contributed by atoms with Gasteiger partial charge in [0, 0.05) is 34.9 Å². The highest BCUT2D eigenvalue weighted by Gasteiger charge is 2.09. The van der Waals surface area contributed by atoms with Crippen LogP contribution in [0.1, 0.15) is 11.1 Å². The van der Waals surface area contributed by atoms with Gasteiger partial charge in [0.1, 0.15) is 11.2 Å². The summed E-state index contributed by atoms with van der Waals surface area (Å²) in [4.78, 5) is 0. The van der Waals surface area contributed by atoms with Crippen molar-refractivity contribution in [3.63, 3.8) is 0 Å². The maximum atomic E-state index is 5.85. The third kappa shape index (κ3) is 13.3. The van der Waals surface area contributed by atoms with Crippen LogP contribution in [0.4, 0.5) is 11.4 Å². The Morgan fingerprint density at radius 2 is 0.958 bits per heavy atom. The zero-order chi connectivity index (χ0) is 49.0. The van der Waals surface area contributed by atoms with Gasteiger partial charge in [0.2, 0.25) is 0 Å². The molecule has 71 heavy (non-hydrogen) atoms. The minimum Gasteiger partial charge on any atom is -0.456 e. The lowest BCUT2D eigenvalue weighted by atomic mass is 9.94. The molecule has 9 aromatic carbocycles. The molecule has 1 aromatic heterocycles. The predicted octanol–water partition coefficient (Wildman–Crippen LogP) is 17.5. The molecule has 5 N–H and O–H groups in total. The second kappa shape index (κ2) is 24.7. The fourth-order valence-electron chi connectivity index (χ4n) is 8.11. The van der Waals surface area contributed by atoms with Crippen LogP contribution in [0.3, 0.4) is 0 Å². The number of para-hydroxylation sites is 3. The normalized spacial score (nSPS) is 11.3. The second-order valence-corrected chi connectivity index (χ2v) is 16.7. The van der Waals surface area contributed by atoms with Gasteiger partial charge >= 0.3 is 0 Å². The van der Waals surface area contributed by atoms with Gasteiger partial charge in [-0.05, 0) is 140 Å². The lowest BCUT2D eigenvalue weighted by Gasteiger charge is -2.10. The molecule has 0 aliphatic carbocycles. The van der Waals surface area contributed by atoms with Crippen molar-refractivity contribution >= 4 is 44.5 Å². The van der Waals surface area contributed by atoms with E-state index in [9.17, 15) is 0 Å². The number of furan rings is 1. The van der Waals surface area contributed by atoms with Crippen LogP contribution in [-0.2, 0) is 0 Å². The maximum absolute atomic E-state index is 5.85. The summed E-state index contributed by atoms with van der Waals surface area (Å²) in [5.41, 5.74) is 28.6. The van der Waals surface area contributed by atoms with Crippen LogP contribution in [0.5, 0.6) is 0 Å². The molecule has 10 rings (SSSR count). The summed E-state index contributed by atoms with van der Waals surface area (Å²) in [6.45, 7) is 8.51. The number of rotatable bonds is 13. The molecular formula is C67H57N3O. The fourth-order valence-corrected chi connectivity index (χ4v) is 8.11. The first kappa shape index (κ1) is 48.2. The average Bonchev–Trinajstić information content (AvgIpc) is 3.81. The smallest absolute Gasteiger partial charge is 0.135 e. The minimum absolute atomic E-state index is 0.501. The summed E-state index contributed by atoms with van der Waals surface area (Å²) in [5.74, 6) is 0. The van der Waals surface area contributed by atoms with Gasteiger partial charge in [-0.2, -0.15) is 0 Å². The monoisotopic (exact) mass is 919 g/mol. The molecule has 0 unspecified atom stereocenters. The van der Waals surface area contributed by atoms with Gasteiger partial charge in [-0.25, -0.2) is 0 Å². The van der Waals surface area contributed by atoms with Crippen LogP contribution < -0.4 is 16.8 Å². The summed E-state index contributed by atoms with van der Waals surface area (Å²) < 4.78 is 5.85. The van der Waals surface area contributed by atoms with E-state index in [2.05, 4.69) is 164 Å². The number of benzene rings is 9. The molecule has 0 aliphatic rings. The molecular weight excluding hydrogens is 863 g/mol. The predicted molar refractivity (Wildman–Crippen MR) is 307 cm³/mol. The van der Waals surface area contributed by atoms with E-state index in [1.165, 1.54) is 44.5 Å². The van der Waals surface area contributed by atoms with Gasteiger partial charge < -0.3 is 21.2 Å². The van der Waals surface area contributed by atoms with Crippen molar-refractivity contribution in [3.05, 3.63) is 304 Å². The van der Waals surface area contributed by atoms with Crippen molar-refractivity contribution in [1.29, 1.82) is 0 Å². The molecule has 0 saturated carbocycles. The van der Waals surface area contributed by atoms with Crippen LogP contribution in [0.2, 0.25) is 0 Å². The number of nitrogens with two attached hydrogens (primary N) is 2. The van der Waals surface area contributed by atoms with Crippen LogP contribution in [0.15, 0.2) is 297 Å². The molecule has 4 nitrogen and oxygen atoms in total. The summed E-state index contributed by atoms with van der Waals surface area (Å²) >= 11 is 0. The summed E-state index contributed by atoms with van der Waals surface area (Å²) in [6, 6.07) is 79.4. The Morgan fingerprint density at radius 3 is 1.54 bits per heavy atom. The third-order valence-corrected chi connectivity index (χ3v) is 11.7. The first-order chi connectivity index (χ1) is 34.9. The number of nitrogen functional groups attached to an aromatic ring is 1. The standard InChI is InChI=1S/C42H33N.C19H17NO.C6H7N/c1-32(14-8-9-27-43-42-25-6-3-7-26-42)34-17-10-19-36(28-34)38-21-12-23-40(30-38)41-24-13-22-39(31-41)37-20-11-18-35(29-37)33-15-4-2-5-16-33;1-2-3-6-14(11-12-20)15-9-10-19-17(13-15)16-7-4-5-8-18(16)21-19;7-6-4-2-1-3-5-6/h2-31,43H,1H2;2-11,13H,1,12,20H2;1-5H,7H2/b14-8-,27-9-;6-3-,14-11+;. The number of fused-ring (bicyclic) bond motifs is 3. The first-order valence-electron chi connectivity index (χ1n) is 23.7. The Bertz CT molecular complexity index is 3470. The van der Waals surface area contributed by atoms with Crippen LogP contribution in [0.25, 0.3) is 77.6 Å². The van der Waals surface area contributed by atoms with Crippen LogP contribution in [-0.4, -0.2) is 6.54 Å². The zero-order valence-electron chi connectivity index (χ0n) is 39.7. The lowest BCUT2D eigenvalue weighted by Crippen LogP contribution is -1.95. The van der Waals surface area contributed by atoms with Crippen LogP contribution >= 0.6 is 0 Å². The van der Waals surface area contributed by atoms with Gasteiger partial charge in [-0.3, -0.25) is 0 Å². The Morgan fingerprint density at radius 1 is 0.451 bits per heavy atom. The van der Waals surface area contributed by atoms with Crippen molar-refractivity contribution < 1.29 is 4.42 Å². The van der Waals surface area contributed by atoms with E-state index in [4.69, 9.17) is 15.9 Å². The molecule has 0 amide bonds. The average molecular weight is 920 g/mol. The van der Waals surface area contributed by atoms with Crippen molar-refractivity contribution in [2.45, 2.75) is 0 Å². The van der Waals surface area contributed by atoms with E-state index >= 15 is 0 Å². The van der Waals surface area contributed by atoms with Gasteiger partial charge in [-0.1, -0.05) is 213 Å². The summed E-state index contributed by atoms with van der Waals surface area (Å²) in [5, 5.41) is 5.52. The van der Waals surface area contributed by atoms with E-state index in [1.807, 2.05) is 128 Å². The Hall–Kier alpha value is -9.22. The molecule has 10 aromatic rings.